The number of ether oxygens (including phenoxy) is 1. The molecule has 2 rings (SSSR count). The lowest BCUT2D eigenvalue weighted by molar-refractivity contribution is -0.121. The largest absolute Gasteiger partial charge is 0.388 e. The summed E-state index contributed by atoms with van der Waals surface area (Å²) in [6, 6.07) is 2.34. The second-order valence-corrected chi connectivity index (χ2v) is 5.59. The van der Waals surface area contributed by atoms with Crippen molar-refractivity contribution in [2.24, 2.45) is 10.8 Å². The van der Waals surface area contributed by atoms with E-state index in [2.05, 4.69) is 19.9 Å². The molecular weight excluding hydrogens is 190 g/mol. The lowest BCUT2D eigenvalue weighted by atomic mass is 9.61. The molecule has 3 nitrogen and oxygen atoms in total. The first-order valence-electron chi connectivity index (χ1n) is 5.69. The monoisotopic (exact) mass is 209 g/mol. The maximum Gasteiger partial charge on any atom is 0.112 e. The first-order chi connectivity index (χ1) is 6.97. The smallest absolute Gasteiger partial charge is 0.112 e. The molecule has 15 heavy (non-hydrogen) atoms. The van der Waals surface area contributed by atoms with Crippen molar-refractivity contribution in [2.75, 3.05) is 13.2 Å². The Labute approximate surface area is 91.0 Å². The second-order valence-electron chi connectivity index (χ2n) is 5.59. The number of hydrogen-bond acceptors (Lipinski definition) is 3. The highest BCUT2D eigenvalue weighted by Crippen LogP contribution is 2.57. The van der Waals surface area contributed by atoms with E-state index in [1.54, 1.807) is 0 Å². The van der Waals surface area contributed by atoms with Crippen molar-refractivity contribution >= 4 is 0 Å². The molecule has 0 spiro atoms. The molecule has 2 aliphatic rings. The first-order valence-corrected chi connectivity index (χ1v) is 5.69. The summed E-state index contributed by atoms with van der Waals surface area (Å²) in [6.45, 7) is 5.13. The molecule has 84 valence electrons. The summed E-state index contributed by atoms with van der Waals surface area (Å²) < 4.78 is 5.34. The minimum Gasteiger partial charge on any atom is -0.388 e. The molecule has 0 aromatic heterocycles. The molecule has 1 N–H and O–H groups in total. The van der Waals surface area contributed by atoms with Gasteiger partial charge in [-0.2, -0.15) is 5.26 Å². The van der Waals surface area contributed by atoms with Gasteiger partial charge < -0.3 is 9.84 Å². The number of aliphatic hydroxyl groups is 1. The predicted molar refractivity (Wildman–Crippen MR) is 56.1 cm³/mol. The van der Waals surface area contributed by atoms with Gasteiger partial charge in [0.25, 0.3) is 0 Å². The van der Waals surface area contributed by atoms with Gasteiger partial charge in [0.15, 0.2) is 0 Å². The van der Waals surface area contributed by atoms with E-state index in [0.29, 0.717) is 19.6 Å². The van der Waals surface area contributed by atoms with Crippen LogP contribution in [-0.2, 0) is 4.74 Å². The standard InChI is InChI=1S/C12H19NO2/c1-10(2)4-3-5-12(10,14)11(8-13)6-7-15-9-11/h14H,3-7,9H2,1-2H3. The van der Waals surface area contributed by atoms with Crippen LogP contribution >= 0.6 is 0 Å². The third-order valence-electron chi connectivity index (χ3n) is 4.49. The minimum atomic E-state index is -0.870. The molecule has 0 aromatic carbocycles. The average Bonchev–Trinajstić information content (AvgIpc) is 2.74. The van der Waals surface area contributed by atoms with E-state index in [1.165, 1.54) is 0 Å². The summed E-state index contributed by atoms with van der Waals surface area (Å²) in [6.07, 6.45) is 3.40. The van der Waals surface area contributed by atoms with E-state index in [1.807, 2.05) is 0 Å². The fraction of sp³-hybridized carbons (Fsp3) is 0.917. The number of rotatable bonds is 1. The Bertz CT molecular complexity index is 299. The van der Waals surface area contributed by atoms with Crippen molar-refractivity contribution in [3.63, 3.8) is 0 Å². The molecule has 1 saturated heterocycles. The van der Waals surface area contributed by atoms with Gasteiger partial charge in [0.2, 0.25) is 0 Å². The van der Waals surface area contributed by atoms with Crippen molar-refractivity contribution < 1.29 is 9.84 Å². The SMILES string of the molecule is CC1(C)CCCC1(O)C1(C#N)CCOC1. The zero-order chi connectivity index (χ0) is 11.2. The van der Waals surface area contributed by atoms with E-state index in [4.69, 9.17) is 4.74 Å². The lowest BCUT2D eigenvalue weighted by Gasteiger charge is -2.45. The fourth-order valence-corrected chi connectivity index (χ4v) is 3.29. The minimum absolute atomic E-state index is 0.170. The summed E-state index contributed by atoms with van der Waals surface area (Å²) in [4.78, 5) is 0. The molecule has 1 aliphatic heterocycles. The van der Waals surface area contributed by atoms with Crippen LogP contribution in [0.5, 0.6) is 0 Å². The van der Waals surface area contributed by atoms with Gasteiger partial charge in [-0.25, -0.2) is 0 Å². The first kappa shape index (κ1) is 10.9. The Morgan fingerprint density at radius 3 is 2.40 bits per heavy atom. The maximum atomic E-state index is 10.9. The van der Waals surface area contributed by atoms with Crippen LogP contribution in [0, 0.1) is 22.2 Å². The van der Waals surface area contributed by atoms with Gasteiger partial charge in [-0.05, 0) is 31.1 Å². The summed E-state index contributed by atoms with van der Waals surface area (Å²) >= 11 is 0. The van der Waals surface area contributed by atoms with E-state index < -0.39 is 11.0 Å². The molecular formula is C12H19NO2. The Hall–Kier alpha value is -0.590. The number of nitrogens with zero attached hydrogens (tertiary/aromatic N) is 1. The normalized spacial score (nSPS) is 44.1. The molecule has 1 heterocycles. The van der Waals surface area contributed by atoms with Gasteiger partial charge in [0.1, 0.15) is 5.41 Å². The third-order valence-corrected chi connectivity index (χ3v) is 4.49. The predicted octanol–water partition coefficient (Wildman–Crippen LogP) is 1.86. The van der Waals surface area contributed by atoms with E-state index in [0.717, 1.165) is 19.3 Å². The number of hydrogen-bond donors (Lipinski definition) is 1. The van der Waals surface area contributed by atoms with Crippen LogP contribution in [-0.4, -0.2) is 23.9 Å². The van der Waals surface area contributed by atoms with Gasteiger partial charge >= 0.3 is 0 Å². The highest BCUT2D eigenvalue weighted by molar-refractivity contribution is 5.19. The molecule has 1 aliphatic carbocycles. The van der Waals surface area contributed by atoms with Crippen molar-refractivity contribution in [1.29, 1.82) is 5.26 Å². The topological polar surface area (TPSA) is 53.2 Å². The molecule has 2 unspecified atom stereocenters. The van der Waals surface area contributed by atoms with Crippen molar-refractivity contribution in [1.82, 2.24) is 0 Å². The van der Waals surface area contributed by atoms with Gasteiger partial charge in [0.05, 0.1) is 18.3 Å². The molecule has 0 aromatic rings. The van der Waals surface area contributed by atoms with Crippen LogP contribution in [0.4, 0.5) is 0 Å². The highest BCUT2D eigenvalue weighted by Gasteiger charge is 2.62. The zero-order valence-corrected chi connectivity index (χ0v) is 9.55. The molecule has 2 atom stereocenters. The Morgan fingerprint density at radius 1 is 1.27 bits per heavy atom. The average molecular weight is 209 g/mol. The summed E-state index contributed by atoms with van der Waals surface area (Å²) in [5.74, 6) is 0. The highest BCUT2D eigenvalue weighted by atomic mass is 16.5. The third kappa shape index (κ3) is 1.25. The molecule has 0 amide bonds. The zero-order valence-electron chi connectivity index (χ0n) is 9.55. The summed E-state index contributed by atoms with van der Waals surface area (Å²) in [7, 11) is 0. The molecule has 1 saturated carbocycles. The van der Waals surface area contributed by atoms with Crippen LogP contribution in [0.25, 0.3) is 0 Å². The quantitative estimate of drug-likeness (QED) is 0.717. The van der Waals surface area contributed by atoms with Gasteiger partial charge in [-0.1, -0.05) is 13.8 Å². The summed E-state index contributed by atoms with van der Waals surface area (Å²) in [5, 5.41) is 20.3. The number of nitriles is 1. The lowest BCUT2D eigenvalue weighted by Crippen LogP contribution is -2.54. The van der Waals surface area contributed by atoms with Crippen LogP contribution in [0.15, 0.2) is 0 Å². The molecule has 0 bridgehead atoms. The van der Waals surface area contributed by atoms with Crippen molar-refractivity contribution in [3.05, 3.63) is 0 Å². The molecule has 3 heteroatoms. The van der Waals surface area contributed by atoms with Crippen LogP contribution in [0.2, 0.25) is 0 Å². The van der Waals surface area contributed by atoms with Crippen LogP contribution in [0.3, 0.4) is 0 Å². The van der Waals surface area contributed by atoms with Crippen LogP contribution < -0.4 is 0 Å². The molecule has 0 radical (unpaired) electrons. The fourth-order valence-electron chi connectivity index (χ4n) is 3.29. The maximum absolute atomic E-state index is 10.9. The van der Waals surface area contributed by atoms with Gasteiger partial charge in [-0.15, -0.1) is 0 Å². The van der Waals surface area contributed by atoms with Crippen molar-refractivity contribution in [3.8, 4) is 6.07 Å². The Morgan fingerprint density at radius 2 is 2.00 bits per heavy atom. The van der Waals surface area contributed by atoms with Crippen molar-refractivity contribution in [2.45, 2.75) is 45.1 Å². The Kier molecular flexibility index (Phi) is 2.33. The van der Waals surface area contributed by atoms with Gasteiger partial charge in [0, 0.05) is 6.61 Å². The molecule has 2 fully saturated rings. The van der Waals surface area contributed by atoms with E-state index in [9.17, 15) is 10.4 Å². The Balaban J connectivity index is 2.40. The van der Waals surface area contributed by atoms with Gasteiger partial charge in [-0.3, -0.25) is 0 Å². The second kappa shape index (κ2) is 3.20. The van der Waals surface area contributed by atoms with Crippen LogP contribution in [0.1, 0.15) is 39.5 Å². The van der Waals surface area contributed by atoms with E-state index >= 15 is 0 Å². The summed E-state index contributed by atoms with van der Waals surface area (Å²) in [5.41, 5.74) is -1.71. The van der Waals surface area contributed by atoms with E-state index in [-0.39, 0.29) is 5.41 Å².